The van der Waals surface area contributed by atoms with Crippen LogP contribution in [0, 0.1) is 13.8 Å². The van der Waals surface area contributed by atoms with Crippen molar-refractivity contribution >= 4 is 11.6 Å². The minimum atomic E-state index is 0.148. The van der Waals surface area contributed by atoms with Gasteiger partial charge in [-0.15, -0.1) is 0 Å². The van der Waals surface area contributed by atoms with Crippen LogP contribution in [0.25, 0.3) is 0 Å². The summed E-state index contributed by atoms with van der Waals surface area (Å²) in [6.07, 6.45) is 10.8. The molecule has 0 aromatic heterocycles. The van der Waals surface area contributed by atoms with Crippen LogP contribution >= 0.6 is 0 Å². The Hall–Kier alpha value is -1.31. The zero-order valence-electron chi connectivity index (χ0n) is 14.0. The standard InChI is InChI=1S/C19H31NO/c1-4-5-6-7-8-9-10-11-15-19(21)20-18-14-12-13-16(2)17(18)3/h12-14H,4-11,15H2,1-3H3,(H,20,21). The van der Waals surface area contributed by atoms with Gasteiger partial charge in [-0.05, 0) is 37.5 Å². The number of benzene rings is 1. The molecule has 0 unspecified atom stereocenters. The predicted octanol–water partition coefficient (Wildman–Crippen LogP) is 5.77. The third kappa shape index (κ3) is 7.31. The van der Waals surface area contributed by atoms with Gasteiger partial charge in [-0.25, -0.2) is 0 Å². The first kappa shape index (κ1) is 17.7. The van der Waals surface area contributed by atoms with E-state index in [1.54, 1.807) is 0 Å². The van der Waals surface area contributed by atoms with Crippen molar-refractivity contribution in [1.29, 1.82) is 0 Å². The number of unbranched alkanes of at least 4 members (excludes halogenated alkanes) is 7. The molecule has 1 amide bonds. The number of carbonyl (C=O) groups excluding carboxylic acids is 1. The third-order valence-electron chi connectivity index (χ3n) is 4.14. The van der Waals surface area contributed by atoms with E-state index in [1.807, 2.05) is 12.1 Å². The van der Waals surface area contributed by atoms with Gasteiger partial charge >= 0.3 is 0 Å². The van der Waals surface area contributed by atoms with E-state index in [4.69, 9.17) is 0 Å². The van der Waals surface area contributed by atoms with Crippen LogP contribution in [0.15, 0.2) is 18.2 Å². The second-order valence-corrected chi connectivity index (χ2v) is 6.02. The lowest BCUT2D eigenvalue weighted by atomic mass is 10.1. The van der Waals surface area contributed by atoms with Gasteiger partial charge in [-0.1, -0.05) is 64.0 Å². The largest absolute Gasteiger partial charge is 0.326 e. The van der Waals surface area contributed by atoms with Crippen LogP contribution in [-0.2, 0) is 4.79 Å². The number of nitrogens with one attached hydrogen (secondary N) is 1. The van der Waals surface area contributed by atoms with E-state index in [1.165, 1.54) is 56.1 Å². The molecule has 0 saturated heterocycles. The van der Waals surface area contributed by atoms with Crippen molar-refractivity contribution < 1.29 is 4.79 Å². The monoisotopic (exact) mass is 289 g/mol. The van der Waals surface area contributed by atoms with Gasteiger partial charge in [0.1, 0.15) is 0 Å². The predicted molar refractivity (Wildman–Crippen MR) is 91.8 cm³/mol. The van der Waals surface area contributed by atoms with Crippen molar-refractivity contribution in [1.82, 2.24) is 0 Å². The molecule has 0 aliphatic heterocycles. The van der Waals surface area contributed by atoms with Crippen LogP contribution in [0.3, 0.4) is 0 Å². The van der Waals surface area contributed by atoms with Gasteiger partial charge in [0.2, 0.25) is 5.91 Å². The van der Waals surface area contributed by atoms with Gasteiger partial charge in [0, 0.05) is 12.1 Å². The molecule has 0 saturated carbocycles. The fourth-order valence-electron chi connectivity index (χ4n) is 2.52. The van der Waals surface area contributed by atoms with E-state index in [0.29, 0.717) is 6.42 Å². The molecular formula is C19H31NO. The van der Waals surface area contributed by atoms with Crippen molar-refractivity contribution in [3.8, 4) is 0 Å². The molecule has 1 rings (SSSR count). The molecule has 2 nitrogen and oxygen atoms in total. The molecule has 1 aromatic carbocycles. The van der Waals surface area contributed by atoms with Crippen molar-refractivity contribution in [2.24, 2.45) is 0 Å². The molecule has 0 fully saturated rings. The summed E-state index contributed by atoms with van der Waals surface area (Å²) in [6, 6.07) is 6.05. The quantitative estimate of drug-likeness (QED) is 0.544. The molecular weight excluding hydrogens is 258 g/mol. The molecule has 1 N–H and O–H groups in total. The highest BCUT2D eigenvalue weighted by Gasteiger charge is 2.05. The highest BCUT2D eigenvalue weighted by atomic mass is 16.1. The lowest BCUT2D eigenvalue weighted by Gasteiger charge is -2.10. The van der Waals surface area contributed by atoms with Crippen LogP contribution in [0.5, 0.6) is 0 Å². The van der Waals surface area contributed by atoms with E-state index in [9.17, 15) is 4.79 Å². The molecule has 0 atom stereocenters. The molecule has 0 spiro atoms. The molecule has 2 heteroatoms. The van der Waals surface area contributed by atoms with Gasteiger partial charge in [0.15, 0.2) is 0 Å². The third-order valence-corrected chi connectivity index (χ3v) is 4.14. The van der Waals surface area contributed by atoms with Crippen LogP contribution < -0.4 is 5.32 Å². The van der Waals surface area contributed by atoms with E-state index in [-0.39, 0.29) is 5.91 Å². The number of carbonyl (C=O) groups is 1. The minimum absolute atomic E-state index is 0.148. The summed E-state index contributed by atoms with van der Waals surface area (Å²) in [5.41, 5.74) is 3.35. The lowest BCUT2D eigenvalue weighted by molar-refractivity contribution is -0.116. The van der Waals surface area contributed by atoms with Crippen LogP contribution in [0.1, 0.15) is 75.8 Å². The van der Waals surface area contributed by atoms with E-state index in [0.717, 1.165) is 12.1 Å². The maximum atomic E-state index is 11.9. The van der Waals surface area contributed by atoms with Crippen LogP contribution in [0.2, 0.25) is 0 Å². The Morgan fingerprint density at radius 1 is 0.952 bits per heavy atom. The summed E-state index contributed by atoms with van der Waals surface area (Å²) in [4.78, 5) is 11.9. The molecule has 0 aliphatic carbocycles. The second kappa shape index (κ2) is 10.4. The van der Waals surface area contributed by atoms with Crippen molar-refractivity contribution in [2.45, 2.75) is 78.6 Å². The fourth-order valence-corrected chi connectivity index (χ4v) is 2.52. The Labute approximate surface area is 130 Å². The number of hydrogen-bond acceptors (Lipinski definition) is 1. The van der Waals surface area contributed by atoms with Gasteiger partial charge in [-0.3, -0.25) is 4.79 Å². The van der Waals surface area contributed by atoms with Gasteiger partial charge < -0.3 is 5.32 Å². The van der Waals surface area contributed by atoms with Crippen molar-refractivity contribution in [2.75, 3.05) is 5.32 Å². The summed E-state index contributed by atoms with van der Waals surface area (Å²) in [6.45, 7) is 6.37. The normalized spacial score (nSPS) is 10.6. The molecule has 118 valence electrons. The number of anilines is 1. The average Bonchev–Trinajstić information content (AvgIpc) is 2.47. The first-order chi connectivity index (χ1) is 10.1. The van der Waals surface area contributed by atoms with Gasteiger partial charge in [-0.2, -0.15) is 0 Å². The highest BCUT2D eigenvalue weighted by molar-refractivity contribution is 5.91. The van der Waals surface area contributed by atoms with Crippen LogP contribution in [0.4, 0.5) is 5.69 Å². The first-order valence-electron chi connectivity index (χ1n) is 8.51. The second-order valence-electron chi connectivity index (χ2n) is 6.02. The van der Waals surface area contributed by atoms with Crippen molar-refractivity contribution in [3.63, 3.8) is 0 Å². The molecule has 0 radical (unpaired) electrons. The Morgan fingerprint density at radius 3 is 2.24 bits per heavy atom. The summed E-state index contributed by atoms with van der Waals surface area (Å²) in [7, 11) is 0. The molecule has 0 aliphatic rings. The summed E-state index contributed by atoms with van der Waals surface area (Å²) in [5.74, 6) is 0.148. The minimum Gasteiger partial charge on any atom is -0.326 e. The van der Waals surface area contributed by atoms with E-state index >= 15 is 0 Å². The maximum Gasteiger partial charge on any atom is 0.224 e. The zero-order chi connectivity index (χ0) is 15.5. The smallest absolute Gasteiger partial charge is 0.224 e. The van der Waals surface area contributed by atoms with Gasteiger partial charge in [0.25, 0.3) is 0 Å². The molecule has 1 aromatic rings. The topological polar surface area (TPSA) is 29.1 Å². The van der Waals surface area contributed by atoms with E-state index < -0.39 is 0 Å². The number of aryl methyl sites for hydroxylation is 1. The van der Waals surface area contributed by atoms with E-state index in [2.05, 4.69) is 32.2 Å². The summed E-state index contributed by atoms with van der Waals surface area (Å²) in [5, 5.41) is 3.03. The number of rotatable bonds is 10. The number of amides is 1. The molecule has 21 heavy (non-hydrogen) atoms. The maximum absolute atomic E-state index is 11.9. The molecule has 0 bridgehead atoms. The average molecular weight is 289 g/mol. The van der Waals surface area contributed by atoms with Crippen LogP contribution in [-0.4, -0.2) is 5.91 Å². The molecule has 0 heterocycles. The number of hydrogen-bond donors (Lipinski definition) is 1. The first-order valence-corrected chi connectivity index (χ1v) is 8.51. The summed E-state index contributed by atoms with van der Waals surface area (Å²) < 4.78 is 0. The Kier molecular flexibility index (Phi) is 8.80. The van der Waals surface area contributed by atoms with Gasteiger partial charge in [0.05, 0.1) is 0 Å². The zero-order valence-corrected chi connectivity index (χ0v) is 14.0. The Morgan fingerprint density at radius 2 is 1.57 bits per heavy atom. The summed E-state index contributed by atoms with van der Waals surface area (Å²) >= 11 is 0. The highest BCUT2D eigenvalue weighted by Crippen LogP contribution is 2.18. The van der Waals surface area contributed by atoms with Crippen molar-refractivity contribution in [3.05, 3.63) is 29.3 Å². The SMILES string of the molecule is CCCCCCCCCCC(=O)Nc1cccc(C)c1C. The fraction of sp³-hybridized carbons (Fsp3) is 0.632. The lowest BCUT2D eigenvalue weighted by Crippen LogP contribution is -2.12. The Bertz CT molecular complexity index is 426. The Balaban J connectivity index is 2.13.